The molecule has 0 radical (unpaired) electrons. The lowest BCUT2D eigenvalue weighted by molar-refractivity contribution is -0.138. The molecule has 28 heavy (non-hydrogen) atoms. The van der Waals surface area contributed by atoms with Crippen LogP contribution in [0.4, 0.5) is 0 Å². The second-order valence-corrected chi connectivity index (χ2v) is 7.23. The molecule has 1 aromatic heterocycles. The Hall–Kier alpha value is -2.20. The number of benzene rings is 1. The highest BCUT2D eigenvalue weighted by atomic mass is 16.5. The van der Waals surface area contributed by atoms with Gasteiger partial charge in [0.15, 0.2) is 0 Å². The predicted octanol–water partition coefficient (Wildman–Crippen LogP) is 5.84. The molecule has 0 bridgehead atoms. The number of carbonyl (C=O) groups excluding carboxylic acids is 1. The Kier molecular flexibility index (Phi) is 9.70. The second-order valence-electron chi connectivity index (χ2n) is 7.23. The third-order valence-corrected chi connectivity index (χ3v) is 4.89. The van der Waals surface area contributed by atoms with Crippen molar-refractivity contribution in [1.82, 2.24) is 4.98 Å². The predicted molar refractivity (Wildman–Crippen MR) is 113 cm³/mol. The van der Waals surface area contributed by atoms with Crippen LogP contribution in [0.1, 0.15) is 58.4 Å². The lowest BCUT2D eigenvalue weighted by Gasteiger charge is -2.09. The van der Waals surface area contributed by atoms with Gasteiger partial charge < -0.3 is 9.47 Å². The van der Waals surface area contributed by atoms with Crippen LogP contribution in [-0.2, 0) is 16.0 Å². The van der Waals surface area contributed by atoms with E-state index in [1.165, 1.54) is 24.8 Å². The Bertz CT molecular complexity index is 695. The van der Waals surface area contributed by atoms with Gasteiger partial charge in [-0.2, -0.15) is 0 Å². The average Bonchev–Trinajstić information content (AvgIpc) is 2.73. The van der Waals surface area contributed by atoms with E-state index in [9.17, 15) is 4.79 Å². The minimum absolute atomic E-state index is 0.0887. The van der Waals surface area contributed by atoms with Crippen LogP contribution in [0.3, 0.4) is 0 Å². The molecule has 152 valence electrons. The van der Waals surface area contributed by atoms with Crippen LogP contribution in [0.15, 0.2) is 42.6 Å². The first-order valence-corrected chi connectivity index (χ1v) is 10.5. The van der Waals surface area contributed by atoms with Crippen LogP contribution in [0, 0.1) is 5.92 Å². The van der Waals surface area contributed by atoms with Crippen molar-refractivity contribution < 1.29 is 14.3 Å². The van der Waals surface area contributed by atoms with E-state index in [2.05, 4.69) is 18.0 Å². The molecule has 1 heterocycles. The fraction of sp³-hybridized carbons (Fsp3) is 0.500. The first-order valence-electron chi connectivity index (χ1n) is 10.5. The summed E-state index contributed by atoms with van der Waals surface area (Å²) >= 11 is 0. The molecular weight excluding hydrogens is 350 g/mol. The fourth-order valence-corrected chi connectivity index (χ4v) is 2.74. The van der Waals surface area contributed by atoms with Crippen LogP contribution in [0.5, 0.6) is 5.75 Å². The molecule has 0 saturated carbocycles. The van der Waals surface area contributed by atoms with Gasteiger partial charge in [0.2, 0.25) is 0 Å². The molecule has 0 saturated heterocycles. The van der Waals surface area contributed by atoms with Gasteiger partial charge in [-0.1, -0.05) is 46.1 Å². The molecule has 0 spiro atoms. The first-order chi connectivity index (χ1) is 13.6. The number of hydrogen-bond acceptors (Lipinski definition) is 4. The molecule has 1 unspecified atom stereocenters. The Morgan fingerprint density at radius 3 is 2.43 bits per heavy atom. The van der Waals surface area contributed by atoms with Crippen molar-refractivity contribution in [3.8, 4) is 17.0 Å². The molecular formula is C24H33NO3. The number of unbranched alkanes of at least 4 members (excludes halogenated alkanes) is 3. The van der Waals surface area contributed by atoms with Crippen molar-refractivity contribution >= 4 is 5.97 Å². The number of ether oxygens (including phenoxy) is 2. The molecule has 2 rings (SSSR count). The number of aromatic nitrogens is 1. The first kappa shape index (κ1) is 22.1. The number of nitrogens with zero attached hydrogens (tertiary/aromatic N) is 1. The van der Waals surface area contributed by atoms with Gasteiger partial charge >= 0.3 is 5.97 Å². The second kappa shape index (κ2) is 12.3. The fourth-order valence-electron chi connectivity index (χ4n) is 2.74. The van der Waals surface area contributed by atoms with Gasteiger partial charge in [0, 0.05) is 18.4 Å². The largest absolute Gasteiger partial charge is 0.426 e. The van der Waals surface area contributed by atoms with Crippen molar-refractivity contribution in [2.75, 3.05) is 13.2 Å². The molecule has 1 atom stereocenters. The van der Waals surface area contributed by atoms with Crippen molar-refractivity contribution in [1.29, 1.82) is 0 Å². The van der Waals surface area contributed by atoms with E-state index in [1.807, 2.05) is 50.4 Å². The van der Waals surface area contributed by atoms with E-state index in [-0.39, 0.29) is 11.9 Å². The summed E-state index contributed by atoms with van der Waals surface area (Å²) in [6.45, 7) is 7.65. The molecule has 4 heteroatoms. The number of esters is 1. The molecule has 0 amide bonds. The van der Waals surface area contributed by atoms with E-state index < -0.39 is 0 Å². The summed E-state index contributed by atoms with van der Waals surface area (Å²) in [5.74, 6) is 0.293. The lowest BCUT2D eigenvalue weighted by Crippen LogP contribution is -2.16. The third kappa shape index (κ3) is 7.43. The number of hydrogen-bond donors (Lipinski definition) is 0. The van der Waals surface area contributed by atoms with Crippen molar-refractivity contribution in [2.24, 2.45) is 5.92 Å². The zero-order valence-corrected chi connectivity index (χ0v) is 17.4. The summed E-state index contributed by atoms with van der Waals surface area (Å²) in [5.41, 5.74) is 3.09. The molecule has 0 N–H and O–H groups in total. The standard InChI is InChI=1S/C24H33NO3/c1-4-6-7-8-16-27-17-15-20-9-14-23(25-18-20)21-10-12-22(13-11-21)28-24(26)19(3)5-2/h9-14,18-19H,4-8,15-17H2,1-3H3. The lowest BCUT2D eigenvalue weighted by atomic mass is 10.1. The van der Waals surface area contributed by atoms with Crippen molar-refractivity contribution in [3.05, 3.63) is 48.2 Å². The average molecular weight is 384 g/mol. The molecule has 4 nitrogen and oxygen atoms in total. The Labute approximate surface area is 169 Å². The quantitative estimate of drug-likeness (QED) is 0.262. The van der Waals surface area contributed by atoms with Crippen LogP contribution < -0.4 is 4.74 Å². The normalized spacial score (nSPS) is 12.0. The summed E-state index contributed by atoms with van der Waals surface area (Å²) in [6, 6.07) is 11.6. The highest BCUT2D eigenvalue weighted by molar-refractivity contribution is 5.75. The number of carbonyl (C=O) groups is 1. The third-order valence-electron chi connectivity index (χ3n) is 4.89. The van der Waals surface area contributed by atoms with E-state index in [0.29, 0.717) is 5.75 Å². The molecule has 0 aliphatic heterocycles. The Morgan fingerprint density at radius 1 is 1.00 bits per heavy atom. The van der Waals surface area contributed by atoms with Gasteiger partial charge in [0.25, 0.3) is 0 Å². The van der Waals surface area contributed by atoms with E-state index in [0.717, 1.165) is 43.7 Å². The minimum Gasteiger partial charge on any atom is -0.426 e. The Balaban J connectivity index is 1.80. The highest BCUT2D eigenvalue weighted by Gasteiger charge is 2.13. The summed E-state index contributed by atoms with van der Waals surface area (Å²) in [6.07, 6.45) is 8.51. The monoisotopic (exact) mass is 383 g/mol. The van der Waals surface area contributed by atoms with Gasteiger partial charge in [-0.25, -0.2) is 0 Å². The van der Waals surface area contributed by atoms with Crippen LogP contribution in [-0.4, -0.2) is 24.2 Å². The highest BCUT2D eigenvalue weighted by Crippen LogP contribution is 2.22. The molecule has 1 aromatic carbocycles. The van der Waals surface area contributed by atoms with Crippen LogP contribution in [0.2, 0.25) is 0 Å². The summed E-state index contributed by atoms with van der Waals surface area (Å²) in [4.78, 5) is 16.4. The maximum atomic E-state index is 11.9. The maximum Gasteiger partial charge on any atom is 0.314 e. The Morgan fingerprint density at radius 2 is 1.79 bits per heavy atom. The summed E-state index contributed by atoms with van der Waals surface area (Å²) in [5, 5.41) is 0. The SMILES string of the molecule is CCCCCCOCCc1ccc(-c2ccc(OC(=O)C(C)CC)cc2)nc1. The van der Waals surface area contributed by atoms with Gasteiger partial charge in [0.05, 0.1) is 18.2 Å². The minimum atomic E-state index is -0.190. The van der Waals surface area contributed by atoms with E-state index in [4.69, 9.17) is 9.47 Å². The van der Waals surface area contributed by atoms with E-state index >= 15 is 0 Å². The molecule has 0 fully saturated rings. The molecule has 0 aliphatic carbocycles. The topological polar surface area (TPSA) is 48.4 Å². The summed E-state index contributed by atoms with van der Waals surface area (Å²) in [7, 11) is 0. The van der Waals surface area contributed by atoms with E-state index in [1.54, 1.807) is 0 Å². The number of rotatable bonds is 12. The molecule has 0 aliphatic rings. The maximum absolute atomic E-state index is 11.9. The summed E-state index contributed by atoms with van der Waals surface area (Å²) < 4.78 is 11.1. The van der Waals surface area contributed by atoms with Gasteiger partial charge in [-0.05, 0) is 55.2 Å². The van der Waals surface area contributed by atoms with Gasteiger partial charge in [-0.3, -0.25) is 9.78 Å². The molecule has 2 aromatic rings. The number of pyridine rings is 1. The zero-order valence-electron chi connectivity index (χ0n) is 17.4. The van der Waals surface area contributed by atoms with Crippen molar-refractivity contribution in [2.45, 2.75) is 59.3 Å². The van der Waals surface area contributed by atoms with Crippen LogP contribution in [0.25, 0.3) is 11.3 Å². The van der Waals surface area contributed by atoms with Crippen LogP contribution >= 0.6 is 0 Å². The van der Waals surface area contributed by atoms with Crippen molar-refractivity contribution in [3.63, 3.8) is 0 Å². The van der Waals surface area contributed by atoms with Gasteiger partial charge in [-0.15, -0.1) is 0 Å². The van der Waals surface area contributed by atoms with Gasteiger partial charge in [0.1, 0.15) is 5.75 Å². The zero-order chi connectivity index (χ0) is 20.2. The smallest absolute Gasteiger partial charge is 0.314 e.